The van der Waals surface area contributed by atoms with Crippen molar-refractivity contribution in [3.63, 3.8) is 0 Å². The molecule has 0 amide bonds. The van der Waals surface area contributed by atoms with Crippen LogP contribution in [0.1, 0.15) is 37.7 Å². The van der Waals surface area contributed by atoms with E-state index in [0.717, 1.165) is 35.7 Å². The molecule has 3 aromatic rings. The monoisotopic (exact) mass is 568 g/mol. The molecule has 1 saturated heterocycles. The van der Waals surface area contributed by atoms with Crippen LogP contribution in [0.3, 0.4) is 0 Å². The van der Waals surface area contributed by atoms with E-state index in [1.165, 1.54) is 31.4 Å². The van der Waals surface area contributed by atoms with Gasteiger partial charge in [0.1, 0.15) is 17.4 Å². The van der Waals surface area contributed by atoms with Crippen molar-refractivity contribution in [2.75, 3.05) is 48.0 Å². The number of aromatic nitrogens is 3. The Morgan fingerprint density at radius 2 is 1.83 bits per heavy atom. The predicted octanol–water partition coefficient (Wildman–Crippen LogP) is 5.28. The average Bonchev–Trinajstić information content (AvgIpc) is 3.42. The fourth-order valence-corrected chi connectivity index (χ4v) is 5.63. The minimum atomic E-state index is -5.09. The number of esters is 1. The minimum absolute atomic E-state index is 0.201. The lowest BCUT2D eigenvalue weighted by atomic mass is 9.95. The summed E-state index contributed by atoms with van der Waals surface area (Å²) in [7, 11) is 0. The Morgan fingerprint density at radius 3 is 2.61 bits per heavy atom. The maximum atomic E-state index is 12.8. The highest BCUT2D eigenvalue weighted by Gasteiger charge is 2.41. The summed E-state index contributed by atoms with van der Waals surface area (Å²) in [6.07, 6.45) is 3.32. The molecule has 0 radical (unpaired) electrons. The standard InChI is InChI=1S/C29H31F3N6O3/c30-29(31,32)27(39)41-22-8-4-5-19(17-22)25-23-10-12-38(26(23)36-28(35-25)37-13-15-40-16-14-37)21-9-11-33-24(18-21)34-20-6-2-1-3-7-20/h4-5,8-9,11,17-18,20H,1-3,6-7,10,12-16H2,(H,33,34). The van der Waals surface area contributed by atoms with E-state index in [2.05, 4.69) is 19.9 Å². The van der Waals surface area contributed by atoms with Gasteiger partial charge in [0.2, 0.25) is 5.95 Å². The largest absolute Gasteiger partial charge is 0.491 e. The Kier molecular flexibility index (Phi) is 7.65. The molecule has 1 saturated carbocycles. The number of alkyl halides is 3. The third kappa shape index (κ3) is 6.07. The quantitative estimate of drug-likeness (QED) is 0.315. The van der Waals surface area contributed by atoms with Crippen LogP contribution < -0.4 is 19.9 Å². The van der Waals surface area contributed by atoms with Crippen molar-refractivity contribution in [1.82, 2.24) is 15.0 Å². The van der Waals surface area contributed by atoms with Crippen LogP contribution in [0.4, 0.5) is 36.4 Å². The van der Waals surface area contributed by atoms with Gasteiger partial charge in [-0.25, -0.2) is 14.8 Å². The van der Waals surface area contributed by atoms with Crippen LogP contribution in [0.5, 0.6) is 5.75 Å². The first kappa shape index (κ1) is 27.3. The second-order valence-corrected chi connectivity index (χ2v) is 10.5. The summed E-state index contributed by atoms with van der Waals surface area (Å²) >= 11 is 0. The smallest absolute Gasteiger partial charge is 0.420 e. The zero-order chi connectivity index (χ0) is 28.4. The van der Waals surface area contributed by atoms with Crippen molar-refractivity contribution in [1.29, 1.82) is 0 Å². The molecule has 6 rings (SSSR count). The fourth-order valence-electron chi connectivity index (χ4n) is 5.63. The van der Waals surface area contributed by atoms with Gasteiger partial charge < -0.3 is 24.6 Å². The number of fused-ring (bicyclic) bond motifs is 1. The number of nitrogens with one attached hydrogen (secondary N) is 1. The molecule has 3 aliphatic rings. The van der Waals surface area contributed by atoms with Gasteiger partial charge in [-0.05, 0) is 37.5 Å². The van der Waals surface area contributed by atoms with E-state index in [0.29, 0.717) is 62.5 Å². The maximum Gasteiger partial charge on any atom is 0.491 e. The molecular weight excluding hydrogens is 537 g/mol. The van der Waals surface area contributed by atoms with E-state index in [9.17, 15) is 18.0 Å². The molecule has 0 unspecified atom stereocenters. The number of nitrogens with zero attached hydrogens (tertiary/aromatic N) is 5. The number of carbonyl (C=O) groups is 1. The molecular formula is C29H31F3N6O3. The molecule has 2 aliphatic heterocycles. The van der Waals surface area contributed by atoms with Gasteiger partial charge in [0.25, 0.3) is 0 Å². The van der Waals surface area contributed by atoms with Crippen LogP contribution in [0.25, 0.3) is 11.3 Å². The van der Waals surface area contributed by atoms with Gasteiger partial charge in [-0.3, -0.25) is 0 Å². The molecule has 4 heterocycles. The predicted molar refractivity (Wildman–Crippen MR) is 148 cm³/mol. The minimum Gasteiger partial charge on any atom is -0.420 e. The van der Waals surface area contributed by atoms with Crippen molar-refractivity contribution in [2.24, 2.45) is 0 Å². The Bertz CT molecular complexity index is 1410. The Hall–Kier alpha value is -3.93. The molecule has 0 bridgehead atoms. The van der Waals surface area contributed by atoms with Gasteiger partial charge in [-0.2, -0.15) is 18.2 Å². The summed E-state index contributed by atoms with van der Waals surface area (Å²) in [5.74, 6) is -0.388. The van der Waals surface area contributed by atoms with Crippen LogP contribution in [0.2, 0.25) is 0 Å². The van der Waals surface area contributed by atoms with Crippen molar-refractivity contribution in [2.45, 2.75) is 50.7 Å². The molecule has 0 atom stereocenters. The first-order valence-corrected chi connectivity index (χ1v) is 14.0. The van der Waals surface area contributed by atoms with E-state index in [1.54, 1.807) is 18.3 Å². The van der Waals surface area contributed by atoms with Crippen LogP contribution in [0, 0.1) is 0 Å². The van der Waals surface area contributed by atoms with Gasteiger partial charge in [-0.15, -0.1) is 0 Å². The van der Waals surface area contributed by atoms with Gasteiger partial charge in [0, 0.05) is 54.8 Å². The van der Waals surface area contributed by atoms with E-state index in [-0.39, 0.29) is 5.75 Å². The third-order valence-corrected chi connectivity index (χ3v) is 7.67. The Morgan fingerprint density at radius 1 is 1.02 bits per heavy atom. The van der Waals surface area contributed by atoms with E-state index < -0.39 is 12.1 Å². The lowest BCUT2D eigenvalue weighted by Crippen LogP contribution is -2.37. The number of morpholine rings is 1. The molecule has 1 aliphatic carbocycles. The van der Waals surface area contributed by atoms with Crippen LogP contribution in [0.15, 0.2) is 42.6 Å². The first-order valence-electron chi connectivity index (χ1n) is 14.0. The number of rotatable bonds is 6. The number of carbonyl (C=O) groups excluding carboxylic acids is 1. The van der Waals surface area contributed by atoms with Gasteiger partial charge in [0.05, 0.1) is 18.9 Å². The molecule has 1 aromatic carbocycles. The third-order valence-electron chi connectivity index (χ3n) is 7.67. The lowest BCUT2D eigenvalue weighted by Gasteiger charge is -2.28. The summed E-state index contributed by atoms with van der Waals surface area (Å²) in [4.78, 5) is 30.1. The van der Waals surface area contributed by atoms with Crippen LogP contribution in [-0.4, -0.2) is 66.0 Å². The normalized spacial score (nSPS) is 17.8. The SMILES string of the molecule is O=C(Oc1cccc(-c2nc(N3CCOCC3)nc3c2CCN3c2ccnc(NC3CCCCC3)c2)c1)C(F)(F)F. The van der Waals surface area contributed by atoms with Crippen LogP contribution in [-0.2, 0) is 16.0 Å². The van der Waals surface area contributed by atoms with Crippen molar-refractivity contribution < 1.29 is 27.4 Å². The summed E-state index contributed by atoms with van der Waals surface area (Å²) in [6, 6.07) is 10.4. The highest BCUT2D eigenvalue weighted by Crippen LogP contribution is 2.40. The number of hydrogen-bond donors (Lipinski definition) is 1. The molecule has 2 aromatic heterocycles. The summed E-state index contributed by atoms with van der Waals surface area (Å²) in [6.45, 7) is 2.98. The van der Waals surface area contributed by atoms with Crippen molar-refractivity contribution in [3.05, 3.63) is 48.2 Å². The second-order valence-electron chi connectivity index (χ2n) is 10.5. The number of pyridine rings is 1. The fraction of sp³-hybridized carbons (Fsp3) is 0.448. The molecule has 9 nitrogen and oxygen atoms in total. The number of halogens is 3. The summed E-state index contributed by atoms with van der Waals surface area (Å²) in [5, 5.41) is 3.59. The molecule has 1 N–H and O–H groups in total. The van der Waals surface area contributed by atoms with Gasteiger partial charge in [0.15, 0.2) is 0 Å². The topological polar surface area (TPSA) is 92.7 Å². The summed E-state index contributed by atoms with van der Waals surface area (Å²) in [5.41, 5.74) is 2.96. The molecule has 0 spiro atoms. The number of benzene rings is 1. The number of hydrogen-bond acceptors (Lipinski definition) is 9. The number of anilines is 4. The van der Waals surface area contributed by atoms with E-state index in [1.807, 2.05) is 17.0 Å². The molecule has 41 heavy (non-hydrogen) atoms. The second kappa shape index (κ2) is 11.5. The average molecular weight is 569 g/mol. The maximum absolute atomic E-state index is 12.8. The Labute approximate surface area is 235 Å². The lowest BCUT2D eigenvalue weighted by molar-refractivity contribution is -0.189. The van der Waals surface area contributed by atoms with Gasteiger partial charge >= 0.3 is 12.1 Å². The highest BCUT2D eigenvalue weighted by atomic mass is 19.4. The highest BCUT2D eigenvalue weighted by molar-refractivity contribution is 5.80. The van der Waals surface area contributed by atoms with E-state index in [4.69, 9.17) is 14.7 Å². The Balaban J connectivity index is 1.36. The summed E-state index contributed by atoms with van der Waals surface area (Å²) < 4.78 is 48.6. The molecule has 2 fully saturated rings. The number of ether oxygens (including phenoxy) is 2. The van der Waals surface area contributed by atoms with E-state index >= 15 is 0 Å². The van der Waals surface area contributed by atoms with Crippen molar-refractivity contribution >= 4 is 29.2 Å². The molecule has 12 heteroatoms. The zero-order valence-corrected chi connectivity index (χ0v) is 22.5. The first-order chi connectivity index (χ1) is 19.8. The van der Waals surface area contributed by atoms with Gasteiger partial charge in [-0.1, -0.05) is 31.4 Å². The van der Waals surface area contributed by atoms with Crippen molar-refractivity contribution in [3.8, 4) is 17.0 Å². The zero-order valence-electron chi connectivity index (χ0n) is 22.5. The van der Waals surface area contributed by atoms with Crippen LogP contribution >= 0.6 is 0 Å². The molecule has 216 valence electrons.